The van der Waals surface area contributed by atoms with Gasteiger partial charge in [0.1, 0.15) is 5.78 Å². The molecular formula is C14H22O. The minimum Gasteiger partial charge on any atom is -0.300 e. The van der Waals surface area contributed by atoms with Crippen molar-refractivity contribution in [3.05, 3.63) is 23.8 Å². The van der Waals surface area contributed by atoms with E-state index in [0.717, 1.165) is 12.8 Å². The molecule has 0 aromatic carbocycles. The van der Waals surface area contributed by atoms with E-state index in [1.807, 2.05) is 0 Å². The van der Waals surface area contributed by atoms with Crippen molar-refractivity contribution in [2.24, 2.45) is 11.3 Å². The van der Waals surface area contributed by atoms with Crippen molar-refractivity contribution in [1.29, 1.82) is 0 Å². The molecule has 0 spiro atoms. The Labute approximate surface area is 93.3 Å². The zero-order valence-corrected chi connectivity index (χ0v) is 10.4. The van der Waals surface area contributed by atoms with Gasteiger partial charge in [0.25, 0.3) is 0 Å². The molecule has 0 heterocycles. The highest BCUT2D eigenvalue weighted by Crippen LogP contribution is 2.46. The Hall–Kier alpha value is -0.850. The predicted octanol–water partition coefficient (Wildman–Crippen LogP) is 3.90. The number of carbonyl (C=O) groups excluding carboxylic acids is 1. The van der Waals surface area contributed by atoms with E-state index in [0.29, 0.717) is 12.3 Å². The first-order valence-corrected chi connectivity index (χ1v) is 5.70. The third-order valence-corrected chi connectivity index (χ3v) is 3.84. The van der Waals surface area contributed by atoms with Crippen molar-refractivity contribution in [2.45, 2.75) is 47.0 Å². The van der Waals surface area contributed by atoms with E-state index >= 15 is 0 Å². The van der Waals surface area contributed by atoms with Crippen LogP contribution in [0.2, 0.25) is 0 Å². The Morgan fingerprint density at radius 3 is 2.53 bits per heavy atom. The van der Waals surface area contributed by atoms with Crippen LogP contribution < -0.4 is 0 Å². The lowest BCUT2D eigenvalue weighted by atomic mass is 9.73. The molecule has 1 atom stereocenters. The standard InChI is InChI=1S/C14H22O/c1-10(6-8-12(3)15)13-9-7-11(2)14(13,4)5/h7,13H,1,6,8-9H2,2-5H3. The van der Waals surface area contributed by atoms with Gasteiger partial charge in [-0.25, -0.2) is 0 Å². The Bertz CT molecular complexity index is 307. The van der Waals surface area contributed by atoms with Crippen LogP contribution in [-0.4, -0.2) is 5.78 Å². The van der Waals surface area contributed by atoms with Gasteiger partial charge in [-0.15, -0.1) is 0 Å². The maximum absolute atomic E-state index is 10.9. The van der Waals surface area contributed by atoms with Crippen LogP contribution in [0.15, 0.2) is 23.8 Å². The Balaban J connectivity index is 2.60. The fourth-order valence-electron chi connectivity index (χ4n) is 2.31. The maximum Gasteiger partial charge on any atom is 0.130 e. The first-order valence-electron chi connectivity index (χ1n) is 5.70. The number of allylic oxidation sites excluding steroid dienone is 3. The normalized spacial score (nSPS) is 23.7. The first kappa shape index (κ1) is 12.2. The minimum absolute atomic E-state index is 0.230. The number of Topliss-reactive ketones (excluding diaryl/α,β-unsaturated/α-hetero) is 1. The average Bonchev–Trinajstić information content (AvgIpc) is 2.38. The summed E-state index contributed by atoms with van der Waals surface area (Å²) in [5.41, 5.74) is 2.92. The van der Waals surface area contributed by atoms with Gasteiger partial charge in [-0.2, -0.15) is 0 Å². The molecule has 1 unspecified atom stereocenters. The summed E-state index contributed by atoms with van der Waals surface area (Å²) in [6.45, 7) is 12.5. The lowest BCUT2D eigenvalue weighted by molar-refractivity contribution is -0.117. The van der Waals surface area contributed by atoms with Crippen LogP contribution in [0.1, 0.15) is 47.0 Å². The fraction of sp³-hybridized carbons (Fsp3) is 0.643. The largest absolute Gasteiger partial charge is 0.300 e. The van der Waals surface area contributed by atoms with E-state index in [-0.39, 0.29) is 11.2 Å². The minimum atomic E-state index is 0.230. The summed E-state index contributed by atoms with van der Waals surface area (Å²) in [4.78, 5) is 10.9. The smallest absolute Gasteiger partial charge is 0.130 e. The van der Waals surface area contributed by atoms with E-state index in [1.54, 1.807) is 6.92 Å². The maximum atomic E-state index is 10.9. The van der Waals surface area contributed by atoms with Crippen LogP contribution in [0.3, 0.4) is 0 Å². The number of hydrogen-bond acceptors (Lipinski definition) is 1. The zero-order valence-electron chi connectivity index (χ0n) is 10.4. The summed E-state index contributed by atoms with van der Waals surface area (Å²) in [5.74, 6) is 0.786. The van der Waals surface area contributed by atoms with Crippen molar-refractivity contribution in [2.75, 3.05) is 0 Å². The molecular weight excluding hydrogens is 184 g/mol. The molecule has 0 aromatic rings. The van der Waals surface area contributed by atoms with Crippen molar-refractivity contribution in [3.8, 4) is 0 Å². The summed E-state index contributed by atoms with van der Waals surface area (Å²) < 4.78 is 0. The van der Waals surface area contributed by atoms with Gasteiger partial charge in [0.2, 0.25) is 0 Å². The van der Waals surface area contributed by atoms with Crippen molar-refractivity contribution in [3.63, 3.8) is 0 Å². The number of carbonyl (C=O) groups is 1. The zero-order chi connectivity index (χ0) is 11.6. The Kier molecular flexibility index (Phi) is 3.54. The summed E-state index contributed by atoms with van der Waals surface area (Å²) in [6, 6.07) is 0. The van der Waals surface area contributed by atoms with Crippen LogP contribution in [0.25, 0.3) is 0 Å². The highest BCUT2D eigenvalue weighted by molar-refractivity contribution is 5.75. The van der Waals surface area contributed by atoms with Crippen molar-refractivity contribution < 1.29 is 4.79 Å². The molecule has 84 valence electrons. The molecule has 0 amide bonds. The number of ketones is 1. The van der Waals surface area contributed by atoms with Crippen LogP contribution in [-0.2, 0) is 4.79 Å². The SMILES string of the molecule is C=C(CCC(C)=O)C1CC=C(C)C1(C)C. The first-order chi connectivity index (χ1) is 6.85. The molecule has 0 bridgehead atoms. The number of rotatable bonds is 4. The highest BCUT2D eigenvalue weighted by Gasteiger charge is 2.36. The van der Waals surface area contributed by atoms with E-state index in [9.17, 15) is 4.79 Å². The summed E-state index contributed by atoms with van der Waals surface area (Å²) in [7, 11) is 0. The van der Waals surface area contributed by atoms with Gasteiger partial charge in [0, 0.05) is 6.42 Å². The second-order valence-electron chi connectivity index (χ2n) is 5.26. The monoisotopic (exact) mass is 206 g/mol. The topological polar surface area (TPSA) is 17.1 Å². The van der Waals surface area contributed by atoms with Crippen LogP contribution in [0.5, 0.6) is 0 Å². The lowest BCUT2D eigenvalue weighted by Crippen LogP contribution is -2.22. The summed E-state index contributed by atoms with van der Waals surface area (Å²) in [6.07, 6.45) is 4.90. The van der Waals surface area contributed by atoms with Gasteiger partial charge in [-0.05, 0) is 38.0 Å². The van der Waals surface area contributed by atoms with Gasteiger partial charge in [-0.3, -0.25) is 0 Å². The van der Waals surface area contributed by atoms with E-state index in [2.05, 4.69) is 33.4 Å². The Morgan fingerprint density at radius 2 is 2.13 bits per heavy atom. The molecule has 1 nitrogen and oxygen atoms in total. The van der Waals surface area contributed by atoms with Gasteiger partial charge >= 0.3 is 0 Å². The van der Waals surface area contributed by atoms with Gasteiger partial charge in [0.15, 0.2) is 0 Å². The quantitative estimate of drug-likeness (QED) is 0.637. The van der Waals surface area contributed by atoms with Crippen molar-refractivity contribution in [1.82, 2.24) is 0 Å². The van der Waals surface area contributed by atoms with Gasteiger partial charge < -0.3 is 4.79 Å². The molecule has 0 fully saturated rings. The summed E-state index contributed by atoms with van der Waals surface area (Å²) >= 11 is 0. The van der Waals surface area contributed by atoms with Gasteiger partial charge in [0.05, 0.1) is 0 Å². The van der Waals surface area contributed by atoms with Gasteiger partial charge in [-0.1, -0.05) is 37.6 Å². The molecule has 1 rings (SSSR count). The highest BCUT2D eigenvalue weighted by atomic mass is 16.1. The molecule has 0 saturated carbocycles. The average molecular weight is 206 g/mol. The van der Waals surface area contributed by atoms with Crippen LogP contribution in [0.4, 0.5) is 0 Å². The molecule has 0 aliphatic heterocycles. The number of hydrogen-bond donors (Lipinski definition) is 0. The molecule has 15 heavy (non-hydrogen) atoms. The van der Waals surface area contributed by atoms with E-state index in [1.165, 1.54) is 11.1 Å². The van der Waals surface area contributed by atoms with Crippen LogP contribution in [0, 0.1) is 11.3 Å². The third kappa shape index (κ3) is 2.58. The molecule has 1 heteroatoms. The fourth-order valence-corrected chi connectivity index (χ4v) is 2.31. The van der Waals surface area contributed by atoms with E-state index < -0.39 is 0 Å². The van der Waals surface area contributed by atoms with Crippen LogP contribution >= 0.6 is 0 Å². The molecule has 1 aliphatic rings. The molecule has 1 aliphatic carbocycles. The predicted molar refractivity (Wildman–Crippen MR) is 64.7 cm³/mol. The third-order valence-electron chi connectivity index (χ3n) is 3.84. The lowest BCUT2D eigenvalue weighted by Gasteiger charge is -2.31. The molecule has 0 radical (unpaired) electrons. The molecule has 0 aromatic heterocycles. The molecule has 0 saturated heterocycles. The van der Waals surface area contributed by atoms with Crippen molar-refractivity contribution >= 4 is 5.78 Å². The molecule has 0 N–H and O–H groups in total. The second kappa shape index (κ2) is 4.34. The summed E-state index contributed by atoms with van der Waals surface area (Å²) in [5, 5.41) is 0. The van der Waals surface area contributed by atoms with E-state index in [4.69, 9.17) is 0 Å². The second-order valence-corrected chi connectivity index (χ2v) is 5.26. The Morgan fingerprint density at radius 1 is 1.53 bits per heavy atom.